The Morgan fingerprint density at radius 1 is 1.67 bits per heavy atom. The highest BCUT2D eigenvalue weighted by molar-refractivity contribution is 5.59. The Hall–Kier alpha value is -1.77. The topological polar surface area (TPSA) is 107 Å². The standard InChI is InChI=1S/C9H17N3O6/c1-3-16-9(14)17-7(2)18-10-12(15)11-4-8(5-11)6-13/h7-8,13H,3-6H2,1-2H3. The summed E-state index contributed by atoms with van der Waals surface area (Å²) in [6, 6.07) is 0. The Morgan fingerprint density at radius 3 is 2.89 bits per heavy atom. The lowest BCUT2D eigenvalue weighted by molar-refractivity contribution is -0.728. The van der Waals surface area contributed by atoms with Crippen molar-refractivity contribution in [2.24, 2.45) is 11.2 Å². The number of aliphatic hydroxyl groups is 1. The lowest BCUT2D eigenvalue weighted by Gasteiger charge is -2.32. The molecule has 0 aromatic heterocycles. The molecule has 0 aromatic carbocycles. The number of hydrogen-bond acceptors (Lipinski definition) is 7. The van der Waals surface area contributed by atoms with E-state index in [4.69, 9.17) is 5.11 Å². The van der Waals surface area contributed by atoms with E-state index < -0.39 is 12.4 Å². The van der Waals surface area contributed by atoms with Crippen molar-refractivity contribution >= 4 is 6.16 Å². The number of aliphatic hydroxyl groups excluding tert-OH is 1. The highest BCUT2D eigenvalue weighted by Crippen LogP contribution is 2.14. The number of nitrogens with zero attached hydrogens (tertiary/aromatic N) is 3. The van der Waals surface area contributed by atoms with Gasteiger partial charge in [-0.05, 0) is 6.92 Å². The molecule has 1 fully saturated rings. The van der Waals surface area contributed by atoms with Crippen molar-refractivity contribution in [2.45, 2.75) is 20.1 Å². The molecule has 0 bridgehead atoms. The molecule has 0 radical (unpaired) electrons. The SMILES string of the molecule is CCOC(=O)OC(C)ON=[N+]([O-])N1CC(CO)C1. The van der Waals surface area contributed by atoms with E-state index in [1.54, 1.807) is 6.92 Å². The second-order valence-electron chi connectivity index (χ2n) is 3.73. The quantitative estimate of drug-likeness (QED) is 0.240. The van der Waals surface area contributed by atoms with E-state index in [1.807, 2.05) is 0 Å². The van der Waals surface area contributed by atoms with Crippen LogP contribution in [0, 0.1) is 11.1 Å². The highest BCUT2D eigenvalue weighted by atomic mass is 16.8. The Bertz CT molecular complexity index is 305. The van der Waals surface area contributed by atoms with Crippen LogP contribution < -0.4 is 0 Å². The van der Waals surface area contributed by atoms with E-state index in [1.165, 1.54) is 11.9 Å². The number of hydrazine groups is 1. The minimum atomic E-state index is -1.02. The number of carbonyl (C=O) groups excluding carboxylic acids is 1. The number of carbonyl (C=O) groups is 1. The Labute approximate surface area is 104 Å². The van der Waals surface area contributed by atoms with Crippen LogP contribution in [0.15, 0.2) is 5.28 Å². The smallest absolute Gasteiger partial charge is 0.511 e. The summed E-state index contributed by atoms with van der Waals surface area (Å²) in [6.07, 6.45) is -1.91. The monoisotopic (exact) mass is 263 g/mol. The van der Waals surface area contributed by atoms with Gasteiger partial charge in [-0.25, -0.2) is 4.79 Å². The number of hydrogen-bond donors (Lipinski definition) is 1. The van der Waals surface area contributed by atoms with Gasteiger partial charge in [-0.1, -0.05) is 0 Å². The van der Waals surface area contributed by atoms with Crippen molar-refractivity contribution in [2.75, 3.05) is 26.3 Å². The van der Waals surface area contributed by atoms with Gasteiger partial charge < -0.3 is 19.8 Å². The van der Waals surface area contributed by atoms with Gasteiger partial charge in [0.2, 0.25) is 5.28 Å². The van der Waals surface area contributed by atoms with Gasteiger partial charge in [-0.15, -0.1) is 5.01 Å². The zero-order valence-electron chi connectivity index (χ0n) is 10.3. The zero-order valence-corrected chi connectivity index (χ0v) is 10.3. The van der Waals surface area contributed by atoms with Gasteiger partial charge in [0.1, 0.15) is 0 Å². The minimum absolute atomic E-state index is 0.0353. The third-order valence-corrected chi connectivity index (χ3v) is 2.23. The first-order valence-corrected chi connectivity index (χ1v) is 5.60. The maximum atomic E-state index is 11.3. The molecule has 0 amide bonds. The zero-order chi connectivity index (χ0) is 13.5. The molecule has 0 aromatic rings. The summed E-state index contributed by atoms with van der Waals surface area (Å²) in [5.41, 5.74) is 0. The molecule has 1 unspecified atom stereocenters. The van der Waals surface area contributed by atoms with Crippen LogP contribution >= 0.6 is 0 Å². The van der Waals surface area contributed by atoms with Crippen molar-refractivity contribution in [1.82, 2.24) is 5.01 Å². The summed E-state index contributed by atoms with van der Waals surface area (Å²) in [5, 5.41) is 24.6. The van der Waals surface area contributed by atoms with Gasteiger partial charge in [0.25, 0.3) is 6.29 Å². The first-order chi connectivity index (χ1) is 8.56. The molecule has 1 atom stereocenters. The molecule has 0 spiro atoms. The van der Waals surface area contributed by atoms with E-state index in [-0.39, 0.29) is 24.1 Å². The number of ether oxygens (including phenoxy) is 2. The van der Waals surface area contributed by atoms with E-state index in [0.29, 0.717) is 13.1 Å². The Morgan fingerprint density at radius 2 is 2.33 bits per heavy atom. The van der Waals surface area contributed by atoms with Crippen LogP contribution in [0.2, 0.25) is 0 Å². The maximum Gasteiger partial charge on any atom is 0.511 e. The van der Waals surface area contributed by atoms with Crippen LogP contribution in [0.25, 0.3) is 0 Å². The fraction of sp³-hybridized carbons (Fsp3) is 0.889. The molecule has 0 saturated carbocycles. The molecule has 1 N–H and O–H groups in total. The molecule has 9 nitrogen and oxygen atoms in total. The van der Waals surface area contributed by atoms with E-state index in [0.717, 1.165) is 0 Å². The fourth-order valence-corrected chi connectivity index (χ4v) is 1.27. The van der Waals surface area contributed by atoms with Gasteiger partial charge in [-0.2, -0.15) is 0 Å². The van der Waals surface area contributed by atoms with E-state index >= 15 is 0 Å². The summed E-state index contributed by atoms with van der Waals surface area (Å²) in [7, 11) is 0. The molecule has 1 heterocycles. The van der Waals surface area contributed by atoms with E-state index in [9.17, 15) is 10.0 Å². The first-order valence-electron chi connectivity index (χ1n) is 5.60. The van der Waals surface area contributed by atoms with Crippen LogP contribution in [0.1, 0.15) is 13.8 Å². The second kappa shape index (κ2) is 6.84. The van der Waals surface area contributed by atoms with Crippen molar-refractivity contribution in [3.63, 3.8) is 0 Å². The van der Waals surface area contributed by atoms with Crippen molar-refractivity contribution in [3.8, 4) is 0 Å². The van der Waals surface area contributed by atoms with Crippen LogP contribution in [0.4, 0.5) is 4.79 Å². The minimum Gasteiger partial charge on any atom is -0.569 e. The molecule has 1 aliphatic heterocycles. The summed E-state index contributed by atoms with van der Waals surface area (Å²) < 4.78 is 9.13. The largest absolute Gasteiger partial charge is 0.569 e. The summed E-state index contributed by atoms with van der Waals surface area (Å²) in [6.45, 7) is 4.10. The molecule has 18 heavy (non-hydrogen) atoms. The Kier molecular flexibility index (Phi) is 5.43. The maximum absolute atomic E-state index is 11.3. The molecular formula is C9H17N3O6. The highest BCUT2D eigenvalue weighted by Gasteiger charge is 2.32. The molecule has 0 aliphatic carbocycles. The third kappa shape index (κ3) is 4.24. The fourth-order valence-electron chi connectivity index (χ4n) is 1.27. The van der Waals surface area contributed by atoms with Crippen LogP contribution in [0.3, 0.4) is 0 Å². The van der Waals surface area contributed by atoms with Gasteiger partial charge in [0.05, 0.1) is 24.7 Å². The lowest BCUT2D eigenvalue weighted by atomic mass is 10.0. The van der Waals surface area contributed by atoms with Crippen molar-refractivity contribution < 1.29 is 29.2 Å². The summed E-state index contributed by atoms with van der Waals surface area (Å²) >= 11 is 0. The van der Waals surface area contributed by atoms with Crippen molar-refractivity contribution in [1.29, 1.82) is 0 Å². The Balaban J connectivity index is 2.24. The average Bonchev–Trinajstić information content (AvgIpc) is 2.25. The van der Waals surface area contributed by atoms with Gasteiger partial charge in [0.15, 0.2) is 0 Å². The predicted molar refractivity (Wildman–Crippen MR) is 56.9 cm³/mol. The van der Waals surface area contributed by atoms with Crippen LogP contribution in [-0.4, -0.2) is 53.8 Å². The van der Waals surface area contributed by atoms with Crippen LogP contribution in [-0.2, 0) is 14.3 Å². The molecule has 1 aliphatic rings. The lowest BCUT2D eigenvalue weighted by Crippen LogP contribution is -2.51. The average molecular weight is 263 g/mol. The molecule has 1 rings (SSSR count). The summed E-state index contributed by atoms with van der Waals surface area (Å²) in [4.78, 5) is 15.8. The number of rotatable bonds is 6. The normalized spacial score (nSPS) is 17.9. The second-order valence-corrected chi connectivity index (χ2v) is 3.73. The van der Waals surface area contributed by atoms with Gasteiger partial charge >= 0.3 is 6.16 Å². The predicted octanol–water partition coefficient (Wildman–Crippen LogP) is 0.239. The molecule has 9 heteroatoms. The molecule has 1 saturated heterocycles. The summed E-state index contributed by atoms with van der Waals surface area (Å²) in [5.74, 6) is 0.0878. The molecule has 104 valence electrons. The van der Waals surface area contributed by atoms with Gasteiger partial charge in [-0.3, -0.25) is 4.84 Å². The van der Waals surface area contributed by atoms with Gasteiger partial charge in [0, 0.05) is 19.4 Å². The van der Waals surface area contributed by atoms with Crippen molar-refractivity contribution in [3.05, 3.63) is 5.21 Å². The first kappa shape index (κ1) is 14.3. The van der Waals surface area contributed by atoms with Crippen LogP contribution in [0.5, 0.6) is 0 Å². The molecular weight excluding hydrogens is 246 g/mol. The van der Waals surface area contributed by atoms with E-state index in [2.05, 4.69) is 19.6 Å². The third-order valence-electron chi connectivity index (χ3n) is 2.23.